The van der Waals surface area contributed by atoms with Gasteiger partial charge in [0.05, 0.1) is 6.42 Å². The van der Waals surface area contributed by atoms with Gasteiger partial charge in [0.25, 0.3) is 0 Å². The number of Topliss-reactive ketones (excluding diaryl/α,β-unsaturated/α-hetero) is 1. The predicted octanol–water partition coefficient (Wildman–Crippen LogP) is 3.78. The molecule has 4 rings (SSSR count). The number of pyridine rings is 1. The van der Waals surface area contributed by atoms with Crippen LogP contribution in [0.2, 0.25) is 0 Å². The molecule has 4 aromatic rings. The fourth-order valence-corrected chi connectivity index (χ4v) is 2.99. The summed E-state index contributed by atoms with van der Waals surface area (Å²) >= 11 is 0. The van der Waals surface area contributed by atoms with Crippen LogP contribution in [0.25, 0.3) is 16.8 Å². The number of anilines is 1. The van der Waals surface area contributed by atoms with Crippen LogP contribution in [0.15, 0.2) is 73.2 Å². The number of benzene rings is 2. The molecule has 0 aliphatic rings. The number of hydrogen-bond donors (Lipinski definition) is 1. The zero-order valence-corrected chi connectivity index (χ0v) is 15.3. The largest absolute Gasteiger partial charge is 0.326 e. The highest BCUT2D eigenvalue weighted by Crippen LogP contribution is 2.21. The Morgan fingerprint density at radius 1 is 0.964 bits per heavy atom. The first kappa shape index (κ1) is 17.6. The molecule has 0 fully saturated rings. The van der Waals surface area contributed by atoms with Crippen molar-refractivity contribution < 1.29 is 9.59 Å². The van der Waals surface area contributed by atoms with E-state index in [4.69, 9.17) is 0 Å². The standard InChI is InChI=1S/C22H18N4O2/c1-15(27)17-6-8-20(9-7-17)25-22(28)12-16-2-4-18(5-3-16)19-10-11-26-21(13-19)23-14-24-26/h2-11,13-14H,12H2,1H3,(H,25,28). The Labute approximate surface area is 161 Å². The van der Waals surface area contributed by atoms with Gasteiger partial charge in [-0.25, -0.2) is 9.50 Å². The number of ketones is 1. The predicted molar refractivity (Wildman–Crippen MR) is 107 cm³/mol. The van der Waals surface area contributed by atoms with Crippen molar-refractivity contribution in [2.75, 3.05) is 5.32 Å². The average Bonchev–Trinajstić information content (AvgIpc) is 3.17. The molecule has 0 aliphatic carbocycles. The Morgan fingerprint density at radius 3 is 2.43 bits per heavy atom. The fourth-order valence-electron chi connectivity index (χ4n) is 2.99. The first-order valence-corrected chi connectivity index (χ1v) is 8.88. The van der Waals surface area contributed by atoms with E-state index in [1.807, 2.05) is 42.6 Å². The van der Waals surface area contributed by atoms with E-state index < -0.39 is 0 Å². The summed E-state index contributed by atoms with van der Waals surface area (Å²) in [5.74, 6) is -0.102. The SMILES string of the molecule is CC(=O)c1ccc(NC(=O)Cc2ccc(-c3ccn4ncnc4c3)cc2)cc1. The van der Waals surface area contributed by atoms with Gasteiger partial charge < -0.3 is 5.32 Å². The van der Waals surface area contributed by atoms with E-state index in [9.17, 15) is 9.59 Å². The summed E-state index contributed by atoms with van der Waals surface area (Å²) in [5.41, 5.74) is 5.10. The van der Waals surface area contributed by atoms with Gasteiger partial charge >= 0.3 is 0 Å². The molecule has 1 N–H and O–H groups in total. The van der Waals surface area contributed by atoms with Gasteiger partial charge in [0.1, 0.15) is 6.33 Å². The molecule has 6 nitrogen and oxygen atoms in total. The van der Waals surface area contributed by atoms with Crippen LogP contribution in [0.1, 0.15) is 22.8 Å². The molecule has 1 amide bonds. The number of carbonyl (C=O) groups is 2. The van der Waals surface area contributed by atoms with E-state index in [1.54, 1.807) is 28.8 Å². The van der Waals surface area contributed by atoms with Gasteiger partial charge in [0.15, 0.2) is 11.4 Å². The maximum absolute atomic E-state index is 12.3. The van der Waals surface area contributed by atoms with Crippen LogP contribution in [0.3, 0.4) is 0 Å². The van der Waals surface area contributed by atoms with Crippen molar-refractivity contribution in [3.05, 3.63) is 84.3 Å². The zero-order valence-electron chi connectivity index (χ0n) is 15.3. The summed E-state index contributed by atoms with van der Waals surface area (Å²) in [7, 11) is 0. The Bertz CT molecular complexity index is 1150. The van der Waals surface area contributed by atoms with Crippen LogP contribution in [-0.4, -0.2) is 26.3 Å². The van der Waals surface area contributed by atoms with Crippen LogP contribution in [0.4, 0.5) is 5.69 Å². The van der Waals surface area contributed by atoms with Gasteiger partial charge in [-0.3, -0.25) is 9.59 Å². The lowest BCUT2D eigenvalue weighted by Crippen LogP contribution is -2.14. The number of aromatic nitrogens is 3. The lowest BCUT2D eigenvalue weighted by atomic mass is 10.0. The van der Waals surface area contributed by atoms with E-state index in [-0.39, 0.29) is 18.1 Å². The fraction of sp³-hybridized carbons (Fsp3) is 0.0909. The quantitative estimate of drug-likeness (QED) is 0.543. The van der Waals surface area contributed by atoms with Gasteiger partial charge in [-0.1, -0.05) is 24.3 Å². The minimum Gasteiger partial charge on any atom is -0.326 e. The highest BCUT2D eigenvalue weighted by Gasteiger charge is 2.07. The summed E-state index contributed by atoms with van der Waals surface area (Å²) in [5, 5.41) is 6.94. The number of fused-ring (bicyclic) bond motifs is 1. The maximum Gasteiger partial charge on any atom is 0.228 e. The Morgan fingerprint density at radius 2 is 1.71 bits per heavy atom. The minimum atomic E-state index is -0.104. The first-order valence-electron chi connectivity index (χ1n) is 8.88. The number of amides is 1. The molecular weight excluding hydrogens is 352 g/mol. The number of rotatable bonds is 5. The summed E-state index contributed by atoms with van der Waals surface area (Å²) < 4.78 is 1.71. The molecule has 6 heteroatoms. The molecular formula is C22H18N4O2. The van der Waals surface area contributed by atoms with Crippen molar-refractivity contribution in [2.24, 2.45) is 0 Å². The van der Waals surface area contributed by atoms with Crippen molar-refractivity contribution in [1.82, 2.24) is 14.6 Å². The zero-order chi connectivity index (χ0) is 19.5. The van der Waals surface area contributed by atoms with Gasteiger partial charge in [0.2, 0.25) is 5.91 Å². The molecule has 0 unspecified atom stereocenters. The molecule has 0 bridgehead atoms. The first-order chi connectivity index (χ1) is 13.6. The van der Waals surface area contributed by atoms with Crippen LogP contribution in [0.5, 0.6) is 0 Å². The molecule has 2 aromatic heterocycles. The third kappa shape index (κ3) is 3.81. The van der Waals surface area contributed by atoms with Crippen molar-refractivity contribution in [1.29, 1.82) is 0 Å². The highest BCUT2D eigenvalue weighted by atomic mass is 16.1. The Balaban J connectivity index is 1.42. The number of nitrogens with zero attached hydrogens (tertiary/aromatic N) is 3. The summed E-state index contributed by atoms with van der Waals surface area (Å²) in [6.07, 6.45) is 3.67. The molecule has 0 spiro atoms. The van der Waals surface area contributed by atoms with E-state index in [1.165, 1.54) is 13.3 Å². The lowest BCUT2D eigenvalue weighted by molar-refractivity contribution is -0.115. The third-order valence-corrected chi connectivity index (χ3v) is 4.51. The second kappa shape index (κ2) is 7.44. The molecule has 0 aliphatic heterocycles. The van der Waals surface area contributed by atoms with Crippen molar-refractivity contribution >= 4 is 23.0 Å². The number of hydrogen-bond acceptors (Lipinski definition) is 4. The minimum absolute atomic E-state index is 0.00105. The molecule has 2 heterocycles. The summed E-state index contributed by atoms with van der Waals surface area (Å²) in [6, 6.07) is 18.7. The third-order valence-electron chi connectivity index (χ3n) is 4.51. The average molecular weight is 370 g/mol. The normalized spacial score (nSPS) is 10.8. The van der Waals surface area contributed by atoms with Crippen LogP contribution in [-0.2, 0) is 11.2 Å². The van der Waals surface area contributed by atoms with Gasteiger partial charge in [-0.2, -0.15) is 5.10 Å². The van der Waals surface area contributed by atoms with Crippen molar-refractivity contribution in [3.63, 3.8) is 0 Å². The highest BCUT2D eigenvalue weighted by molar-refractivity contribution is 5.96. The van der Waals surface area contributed by atoms with Crippen LogP contribution >= 0.6 is 0 Å². The molecule has 0 saturated carbocycles. The number of nitrogens with one attached hydrogen (secondary N) is 1. The Kier molecular flexibility index (Phi) is 4.68. The van der Waals surface area contributed by atoms with Crippen LogP contribution in [0, 0.1) is 0 Å². The van der Waals surface area contributed by atoms with Crippen LogP contribution < -0.4 is 5.32 Å². The molecule has 28 heavy (non-hydrogen) atoms. The summed E-state index contributed by atoms with van der Waals surface area (Å²) in [4.78, 5) is 27.8. The summed E-state index contributed by atoms with van der Waals surface area (Å²) in [6.45, 7) is 1.52. The smallest absolute Gasteiger partial charge is 0.228 e. The van der Waals surface area contributed by atoms with E-state index >= 15 is 0 Å². The van der Waals surface area contributed by atoms with E-state index in [0.29, 0.717) is 11.3 Å². The second-order valence-electron chi connectivity index (χ2n) is 6.53. The van der Waals surface area contributed by atoms with E-state index in [2.05, 4.69) is 15.4 Å². The second-order valence-corrected chi connectivity index (χ2v) is 6.53. The van der Waals surface area contributed by atoms with Gasteiger partial charge in [-0.15, -0.1) is 0 Å². The van der Waals surface area contributed by atoms with Gasteiger partial charge in [0, 0.05) is 17.4 Å². The Hall–Kier alpha value is -3.80. The topological polar surface area (TPSA) is 76.4 Å². The lowest BCUT2D eigenvalue weighted by Gasteiger charge is -2.07. The molecule has 0 saturated heterocycles. The molecule has 0 radical (unpaired) electrons. The molecule has 2 aromatic carbocycles. The maximum atomic E-state index is 12.3. The van der Waals surface area contributed by atoms with Crippen molar-refractivity contribution in [2.45, 2.75) is 13.3 Å². The van der Waals surface area contributed by atoms with E-state index in [0.717, 1.165) is 22.3 Å². The number of carbonyl (C=O) groups excluding carboxylic acids is 2. The van der Waals surface area contributed by atoms with Gasteiger partial charge in [-0.05, 0) is 60.0 Å². The monoisotopic (exact) mass is 370 g/mol. The molecule has 0 atom stereocenters. The molecule has 138 valence electrons. The van der Waals surface area contributed by atoms with Crippen molar-refractivity contribution in [3.8, 4) is 11.1 Å².